The molecule has 0 bridgehead atoms. The van der Waals surface area contributed by atoms with Crippen molar-refractivity contribution in [3.63, 3.8) is 0 Å². The van der Waals surface area contributed by atoms with Crippen LogP contribution in [0.25, 0.3) is 0 Å². The minimum absolute atomic E-state index is 0.137. The molecule has 0 aromatic carbocycles. The minimum Gasteiger partial charge on any atom is -0.450 e. The first kappa shape index (κ1) is 10.7. The number of carbonyl (C=O) groups excluding carboxylic acids is 1. The highest BCUT2D eigenvalue weighted by Gasteiger charge is 2.33. The van der Waals surface area contributed by atoms with Gasteiger partial charge in [-0.05, 0) is 38.6 Å². The summed E-state index contributed by atoms with van der Waals surface area (Å²) in [6, 6.07) is 0.629. The molecule has 2 unspecified atom stereocenters. The first-order valence-corrected chi connectivity index (χ1v) is 5.96. The Hall–Kier alpha value is -0.770. The molecule has 2 aliphatic rings. The number of ether oxygens (including phenoxy) is 1. The lowest BCUT2D eigenvalue weighted by Crippen LogP contribution is -2.53. The van der Waals surface area contributed by atoms with Gasteiger partial charge in [0.1, 0.15) is 0 Å². The third-order valence-electron chi connectivity index (χ3n) is 3.42. The lowest BCUT2D eigenvalue weighted by molar-refractivity contribution is 0.0713. The molecular weight excluding hydrogens is 192 g/mol. The van der Waals surface area contributed by atoms with Crippen molar-refractivity contribution in [1.82, 2.24) is 10.2 Å². The van der Waals surface area contributed by atoms with Crippen LogP contribution in [0.1, 0.15) is 26.2 Å². The van der Waals surface area contributed by atoms with E-state index in [9.17, 15) is 4.79 Å². The van der Waals surface area contributed by atoms with Gasteiger partial charge < -0.3 is 15.0 Å². The number of hydrogen-bond acceptors (Lipinski definition) is 3. The number of piperidine rings is 2. The van der Waals surface area contributed by atoms with E-state index in [1.807, 2.05) is 11.8 Å². The third-order valence-corrected chi connectivity index (χ3v) is 3.42. The van der Waals surface area contributed by atoms with Crippen LogP contribution in [0.3, 0.4) is 0 Å². The van der Waals surface area contributed by atoms with Crippen molar-refractivity contribution in [2.45, 2.75) is 32.2 Å². The van der Waals surface area contributed by atoms with Crippen LogP contribution in [0, 0.1) is 5.92 Å². The number of likely N-dealkylation sites (tertiary alicyclic amines) is 1. The number of hydrogen-bond donors (Lipinski definition) is 1. The Labute approximate surface area is 91.0 Å². The summed E-state index contributed by atoms with van der Waals surface area (Å²) in [5.41, 5.74) is 0. The molecule has 1 N–H and O–H groups in total. The van der Waals surface area contributed by atoms with Crippen LogP contribution in [0.4, 0.5) is 4.79 Å². The van der Waals surface area contributed by atoms with Gasteiger partial charge >= 0.3 is 6.09 Å². The first-order valence-electron chi connectivity index (χ1n) is 5.96. The van der Waals surface area contributed by atoms with E-state index in [4.69, 9.17) is 4.74 Å². The van der Waals surface area contributed by atoms with E-state index in [-0.39, 0.29) is 6.09 Å². The standard InChI is InChI=1S/C11H20N2O2/c1-2-15-11(14)13-7-5-10-9(8-13)4-3-6-12-10/h9-10,12H,2-8H2,1H3. The largest absolute Gasteiger partial charge is 0.450 e. The molecule has 2 fully saturated rings. The Morgan fingerprint density at radius 2 is 2.40 bits per heavy atom. The molecule has 0 aliphatic carbocycles. The fourth-order valence-electron chi connectivity index (χ4n) is 2.63. The van der Waals surface area contributed by atoms with Crippen LogP contribution in [0.15, 0.2) is 0 Å². The van der Waals surface area contributed by atoms with Crippen LogP contribution >= 0.6 is 0 Å². The lowest BCUT2D eigenvalue weighted by Gasteiger charge is -2.41. The Bertz CT molecular complexity index is 233. The smallest absolute Gasteiger partial charge is 0.409 e. The second-order valence-electron chi connectivity index (χ2n) is 4.40. The molecule has 86 valence electrons. The summed E-state index contributed by atoms with van der Waals surface area (Å²) in [6.07, 6.45) is 3.41. The van der Waals surface area contributed by atoms with E-state index in [1.165, 1.54) is 12.8 Å². The molecule has 4 heteroatoms. The van der Waals surface area contributed by atoms with Gasteiger partial charge in [0.05, 0.1) is 6.61 Å². The maximum atomic E-state index is 11.6. The molecular formula is C11H20N2O2. The number of carbonyl (C=O) groups is 1. The molecule has 0 saturated carbocycles. The van der Waals surface area contributed by atoms with Crippen molar-refractivity contribution >= 4 is 6.09 Å². The van der Waals surface area contributed by atoms with E-state index < -0.39 is 0 Å². The van der Waals surface area contributed by atoms with E-state index in [2.05, 4.69) is 5.32 Å². The second kappa shape index (κ2) is 4.84. The average Bonchev–Trinajstić information content (AvgIpc) is 2.29. The van der Waals surface area contributed by atoms with Gasteiger partial charge in [0, 0.05) is 19.1 Å². The molecule has 1 amide bonds. The first-order chi connectivity index (χ1) is 7.31. The molecule has 2 rings (SSSR count). The number of nitrogens with zero attached hydrogens (tertiary/aromatic N) is 1. The Kier molecular flexibility index (Phi) is 3.46. The molecule has 0 aromatic heterocycles. The average molecular weight is 212 g/mol. The summed E-state index contributed by atoms with van der Waals surface area (Å²) in [7, 11) is 0. The molecule has 2 heterocycles. The monoisotopic (exact) mass is 212 g/mol. The second-order valence-corrected chi connectivity index (χ2v) is 4.40. The number of rotatable bonds is 1. The topological polar surface area (TPSA) is 41.6 Å². The maximum Gasteiger partial charge on any atom is 0.409 e. The molecule has 2 saturated heterocycles. The van der Waals surface area contributed by atoms with Gasteiger partial charge in [-0.3, -0.25) is 0 Å². The molecule has 15 heavy (non-hydrogen) atoms. The Morgan fingerprint density at radius 3 is 3.20 bits per heavy atom. The van der Waals surface area contributed by atoms with E-state index in [0.717, 1.165) is 26.1 Å². The van der Waals surface area contributed by atoms with Crippen LogP contribution in [-0.4, -0.2) is 43.3 Å². The summed E-state index contributed by atoms with van der Waals surface area (Å²) in [5.74, 6) is 0.636. The lowest BCUT2D eigenvalue weighted by atomic mass is 9.85. The van der Waals surface area contributed by atoms with Gasteiger partial charge in [-0.25, -0.2) is 4.79 Å². The summed E-state index contributed by atoms with van der Waals surface area (Å²) in [6.45, 7) is 5.18. The summed E-state index contributed by atoms with van der Waals surface area (Å²) < 4.78 is 5.03. The Balaban J connectivity index is 1.87. The number of fused-ring (bicyclic) bond motifs is 1. The van der Waals surface area contributed by atoms with Crippen LogP contribution < -0.4 is 5.32 Å². The van der Waals surface area contributed by atoms with Crippen LogP contribution in [-0.2, 0) is 4.74 Å². The minimum atomic E-state index is -0.137. The maximum absolute atomic E-state index is 11.6. The van der Waals surface area contributed by atoms with Gasteiger partial charge in [-0.1, -0.05) is 0 Å². The van der Waals surface area contributed by atoms with Gasteiger partial charge in [-0.2, -0.15) is 0 Å². The van der Waals surface area contributed by atoms with E-state index in [1.54, 1.807) is 0 Å². The Morgan fingerprint density at radius 1 is 1.53 bits per heavy atom. The predicted octanol–water partition coefficient (Wildman–Crippen LogP) is 1.22. The molecule has 0 radical (unpaired) electrons. The van der Waals surface area contributed by atoms with Crippen molar-refractivity contribution < 1.29 is 9.53 Å². The predicted molar refractivity (Wildman–Crippen MR) is 57.7 cm³/mol. The van der Waals surface area contributed by atoms with Crippen LogP contribution in [0.2, 0.25) is 0 Å². The van der Waals surface area contributed by atoms with Gasteiger partial charge in [0.15, 0.2) is 0 Å². The normalized spacial score (nSPS) is 30.9. The highest BCUT2D eigenvalue weighted by Crippen LogP contribution is 2.24. The zero-order valence-corrected chi connectivity index (χ0v) is 9.37. The van der Waals surface area contributed by atoms with Crippen LogP contribution in [0.5, 0.6) is 0 Å². The zero-order chi connectivity index (χ0) is 10.7. The van der Waals surface area contributed by atoms with Gasteiger partial charge in [0.25, 0.3) is 0 Å². The molecule has 4 nitrogen and oxygen atoms in total. The van der Waals surface area contributed by atoms with E-state index >= 15 is 0 Å². The highest BCUT2D eigenvalue weighted by molar-refractivity contribution is 5.67. The van der Waals surface area contributed by atoms with Crippen molar-refractivity contribution in [2.24, 2.45) is 5.92 Å². The molecule has 2 aliphatic heterocycles. The molecule has 2 atom stereocenters. The van der Waals surface area contributed by atoms with Crippen molar-refractivity contribution in [1.29, 1.82) is 0 Å². The van der Waals surface area contributed by atoms with Gasteiger partial charge in [-0.15, -0.1) is 0 Å². The van der Waals surface area contributed by atoms with Crippen molar-refractivity contribution in [3.05, 3.63) is 0 Å². The van der Waals surface area contributed by atoms with E-state index in [0.29, 0.717) is 18.6 Å². The number of nitrogens with one attached hydrogen (secondary N) is 1. The van der Waals surface area contributed by atoms with Gasteiger partial charge in [0.2, 0.25) is 0 Å². The summed E-state index contributed by atoms with van der Waals surface area (Å²) in [4.78, 5) is 13.4. The summed E-state index contributed by atoms with van der Waals surface area (Å²) in [5, 5.41) is 3.53. The quantitative estimate of drug-likeness (QED) is 0.710. The fourth-order valence-corrected chi connectivity index (χ4v) is 2.63. The summed E-state index contributed by atoms with van der Waals surface area (Å²) >= 11 is 0. The zero-order valence-electron chi connectivity index (χ0n) is 9.37. The number of amides is 1. The third kappa shape index (κ3) is 2.43. The SMILES string of the molecule is CCOC(=O)N1CCC2NCCCC2C1. The molecule has 0 aromatic rings. The fraction of sp³-hybridized carbons (Fsp3) is 0.909. The van der Waals surface area contributed by atoms with Crippen molar-refractivity contribution in [2.75, 3.05) is 26.2 Å². The van der Waals surface area contributed by atoms with Crippen molar-refractivity contribution in [3.8, 4) is 0 Å². The highest BCUT2D eigenvalue weighted by atomic mass is 16.6. The molecule has 0 spiro atoms.